The first-order valence-electron chi connectivity index (χ1n) is 3.06. The Morgan fingerprint density at radius 3 is 2.00 bits per heavy atom. The average molecular weight is 198 g/mol. The number of carboxylic acid groups (broad SMARTS) is 2. The molecule has 1 aromatic heterocycles. The minimum atomic E-state index is -1.66. The van der Waals surface area contributed by atoms with Crippen molar-refractivity contribution in [2.45, 2.75) is 5.92 Å². The first-order chi connectivity index (χ1) is 5.63. The second-order valence-electron chi connectivity index (χ2n) is 2.13. The fourth-order valence-electron chi connectivity index (χ4n) is 0.808. The molecule has 0 spiro atoms. The molecule has 0 aliphatic carbocycles. The van der Waals surface area contributed by atoms with Crippen molar-refractivity contribution >= 4 is 23.3 Å². The van der Waals surface area contributed by atoms with E-state index in [1.807, 2.05) is 0 Å². The standard InChI is InChI=1S/C7H6O4S.2Li/c8-6(9)5(7(10)11)4-1-2-12-3-4;;/h1-3,5H,(H,8,9)(H,10,11);;/q;2*+1/p-2. The molecule has 0 saturated heterocycles. The summed E-state index contributed by atoms with van der Waals surface area (Å²) in [5.41, 5.74) is 0.194. The zero-order valence-corrected chi connectivity index (χ0v) is 8.67. The molecule has 0 atom stereocenters. The van der Waals surface area contributed by atoms with Gasteiger partial charge in [-0.2, -0.15) is 11.3 Å². The van der Waals surface area contributed by atoms with Gasteiger partial charge in [-0.25, -0.2) is 0 Å². The van der Waals surface area contributed by atoms with E-state index in [9.17, 15) is 19.8 Å². The normalized spacial score (nSPS) is 8.64. The third kappa shape index (κ3) is 3.92. The third-order valence-corrected chi connectivity index (χ3v) is 2.05. The Hall–Kier alpha value is -0.165. The van der Waals surface area contributed by atoms with E-state index in [4.69, 9.17) is 0 Å². The van der Waals surface area contributed by atoms with Gasteiger partial charge in [-0.3, -0.25) is 0 Å². The number of hydrogen-bond acceptors (Lipinski definition) is 5. The molecule has 0 saturated carbocycles. The molecular weight excluding hydrogens is 194 g/mol. The minimum Gasteiger partial charge on any atom is -0.549 e. The Balaban J connectivity index is 0. The maximum Gasteiger partial charge on any atom is 1.00 e. The average Bonchev–Trinajstić information content (AvgIpc) is 2.37. The van der Waals surface area contributed by atoms with E-state index < -0.39 is 17.9 Å². The van der Waals surface area contributed by atoms with Crippen LogP contribution in [-0.4, -0.2) is 11.9 Å². The van der Waals surface area contributed by atoms with Crippen LogP contribution in [0.3, 0.4) is 0 Å². The van der Waals surface area contributed by atoms with E-state index in [0.717, 1.165) is 0 Å². The van der Waals surface area contributed by atoms with Crippen LogP contribution in [0.2, 0.25) is 0 Å². The van der Waals surface area contributed by atoms with Gasteiger partial charge >= 0.3 is 37.7 Å². The second-order valence-corrected chi connectivity index (χ2v) is 2.91. The van der Waals surface area contributed by atoms with Gasteiger partial charge in [-0.15, -0.1) is 0 Å². The molecule has 0 aliphatic rings. The van der Waals surface area contributed by atoms with Gasteiger partial charge < -0.3 is 19.8 Å². The van der Waals surface area contributed by atoms with Crippen LogP contribution in [0.4, 0.5) is 0 Å². The Bertz CT molecular complexity index is 285. The van der Waals surface area contributed by atoms with E-state index in [0.29, 0.717) is 0 Å². The number of carbonyl (C=O) groups excluding carboxylic acids is 2. The van der Waals surface area contributed by atoms with Crippen molar-refractivity contribution < 1.29 is 57.5 Å². The fourth-order valence-corrected chi connectivity index (χ4v) is 1.49. The predicted octanol–water partition coefficient (Wildman–Crippen LogP) is -7.66. The topological polar surface area (TPSA) is 80.3 Å². The summed E-state index contributed by atoms with van der Waals surface area (Å²) < 4.78 is 0. The second kappa shape index (κ2) is 7.17. The number of carbonyl (C=O) groups is 2. The van der Waals surface area contributed by atoms with Gasteiger partial charge in [0.25, 0.3) is 0 Å². The van der Waals surface area contributed by atoms with Crippen LogP contribution in [0.25, 0.3) is 0 Å². The van der Waals surface area contributed by atoms with Crippen molar-refractivity contribution in [1.29, 1.82) is 0 Å². The smallest absolute Gasteiger partial charge is 0.549 e. The van der Waals surface area contributed by atoms with Gasteiger partial charge in [0.15, 0.2) is 0 Å². The van der Waals surface area contributed by atoms with Crippen molar-refractivity contribution in [3.63, 3.8) is 0 Å². The fraction of sp³-hybridized carbons (Fsp3) is 0.143. The van der Waals surface area contributed by atoms with Crippen LogP contribution in [0, 0.1) is 0 Å². The SMILES string of the molecule is O=C([O-])C(C(=O)[O-])c1ccsc1.[Li+].[Li+]. The zero-order chi connectivity index (χ0) is 9.14. The maximum absolute atomic E-state index is 10.3. The molecular formula is C7H4Li2O4S. The molecule has 0 aromatic carbocycles. The molecule has 64 valence electrons. The maximum atomic E-state index is 10.3. The van der Waals surface area contributed by atoms with Gasteiger partial charge in [0.05, 0.1) is 17.9 Å². The van der Waals surface area contributed by atoms with Gasteiger partial charge in [0.1, 0.15) is 0 Å². The largest absolute Gasteiger partial charge is 1.00 e. The van der Waals surface area contributed by atoms with E-state index in [1.54, 1.807) is 5.38 Å². The Labute approximate surface area is 109 Å². The minimum absolute atomic E-state index is 0. The molecule has 0 unspecified atom stereocenters. The van der Waals surface area contributed by atoms with Crippen LogP contribution in [-0.2, 0) is 9.59 Å². The van der Waals surface area contributed by atoms with E-state index in [2.05, 4.69) is 0 Å². The zero-order valence-electron chi connectivity index (χ0n) is 7.85. The number of carboxylic acids is 2. The van der Waals surface area contributed by atoms with Gasteiger partial charge in [-0.1, -0.05) is 0 Å². The molecule has 7 heteroatoms. The van der Waals surface area contributed by atoms with Crippen molar-refractivity contribution in [3.8, 4) is 0 Å². The molecule has 1 aromatic rings. The van der Waals surface area contributed by atoms with E-state index >= 15 is 0 Å². The van der Waals surface area contributed by atoms with Gasteiger partial charge in [-0.05, 0) is 22.4 Å². The molecule has 4 nitrogen and oxygen atoms in total. The number of aliphatic carboxylic acids is 2. The van der Waals surface area contributed by atoms with Gasteiger partial charge in [0.2, 0.25) is 0 Å². The molecule has 1 rings (SSSR count). The molecule has 0 fully saturated rings. The summed E-state index contributed by atoms with van der Waals surface area (Å²) in [5, 5.41) is 23.7. The van der Waals surface area contributed by atoms with Crippen LogP contribution < -0.4 is 47.9 Å². The van der Waals surface area contributed by atoms with Crippen LogP contribution in [0.1, 0.15) is 11.5 Å². The van der Waals surface area contributed by atoms with Crippen molar-refractivity contribution in [3.05, 3.63) is 22.4 Å². The van der Waals surface area contributed by atoms with Crippen LogP contribution >= 0.6 is 11.3 Å². The Kier molecular flexibility index (Phi) is 8.33. The van der Waals surface area contributed by atoms with Crippen LogP contribution in [0.5, 0.6) is 0 Å². The molecule has 1 heterocycles. The monoisotopic (exact) mass is 198 g/mol. The summed E-state index contributed by atoms with van der Waals surface area (Å²) in [6, 6.07) is 1.42. The molecule has 0 N–H and O–H groups in total. The summed E-state index contributed by atoms with van der Waals surface area (Å²) in [6.07, 6.45) is 0. The molecule has 0 amide bonds. The number of hydrogen-bond donors (Lipinski definition) is 0. The molecule has 0 aliphatic heterocycles. The number of thiophene rings is 1. The summed E-state index contributed by atoms with van der Waals surface area (Å²) in [4.78, 5) is 20.6. The molecule has 0 radical (unpaired) electrons. The summed E-state index contributed by atoms with van der Waals surface area (Å²) in [5.74, 6) is -4.95. The number of rotatable bonds is 3. The van der Waals surface area contributed by atoms with E-state index in [-0.39, 0.29) is 43.3 Å². The summed E-state index contributed by atoms with van der Waals surface area (Å²) >= 11 is 1.22. The van der Waals surface area contributed by atoms with Crippen molar-refractivity contribution in [2.75, 3.05) is 0 Å². The van der Waals surface area contributed by atoms with Crippen molar-refractivity contribution in [1.82, 2.24) is 0 Å². The van der Waals surface area contributed by atoms with Gasteiger partial charge in [0, 0.05) is 0 Å². The quantitative estimate of drug-likeness (QED) is 0.357. The first-order valence-corrected chi connectivity index (χ1v) is 4.01. The van der Waals surface area contributed by atoms with Crippen molar-refractivity contribution in [2.24, 2.45) is 0 Å². The third-order valence-electron chi connectivity index (χ3n) is 1.35. The summed E-state index contributed by atoms with van der Waals surface area (Å²) in [7, 11) is 0. The Morgan fingerprint density at radius 2 is 1.71 bits per heavy atom. The Morgan fingerprint density at radius 1 is 1.21 bits per heavy atom. The van der Waals surface area contributed by atoms with E-state index in [1.165, 1.54) is 22.8 Å². The summed E-state index contributed by atoms with van der Waals surface area (Å²) in [6.45, 7) is 0. The predicted molar refractivity (Wildman–Crippen MR) is 37.1 cm³/mol. The molecule has 0 bridgehead atoms. The first kappa shape index (κ1) is 16.3. The van der Waals surface area contributed by atoms with Crippen LogP contribution in [0.15, 0.2) is 16.8 Å². The molecule has 14 heavy (non-hydrogen) atoms.